The minimum absolute atomic E-state index is 0.00303. The van der Waals surface area contributed by atoms with Crippen LogP contribution in [0.3, 0.4) is 0 Å². The van der Waals surface area contributed by atoms with Crippen molar-refractivity contribution in [3.63, 3.8) is 0 Å². The molecule has 0 spiro atoms. The van der Waals surface area contributed by atoms with E-state index in [1.807, 2.05) is 0 Å². The average molecular weight is 307 g/mol. The summed E-state index contributed by atoms with van der Waals surface area (Å²) in [5.74, 6) is -12.4. The van der Waals surface area contributed by atoms with Crippen molar-refractivity contribution in [3.8, 4) is 0 Å². The molecule has 0 unspecified atom stereocenters. The highest BCUT2D eigenvalue weighted by Gasteiger charge is 2.31. The summed E-state index contributed by atoms with van der Waals surface area (Å²) >= 11 is 0. The first-order valence-electron chi connectivity index (χ1n) is 6.17. The molecule has 0 heterocycles. The molecule has 1 N–H and O–H groups in total. The van der Waals surface area contributed by atoms with E-state index in [1.165, 1.54) is 0 Å². The first-order valence-corrected chi connectivity index (χ1v) is 6.17. The minimum atomic E-state index is -2.31. The molecule has 0 aromatic heterocycles. The van der Waals surface area contributed by atoms with Gasteiger partial charge in [0.1, 0.15) is 11.3 Å². The third-order valence-electron chi connectivity index (χ3n) is 3.32. The summed E-state index contributed by atoms with van der Waals surface area (Å²) in [5.41, 5.74) is -1.51. The van der Waals surface area contributed by atoms with Gasteiger partial charge in [-0.2, -0.15) is 0 Å². The third kappa shape index (κ3) is 2.88. The fraction of sp³-hybridized carbons (Fsp3) is 0.385. The number of halogens is 5. The van der Waals surface area contributed by atoms with E-state index < -0.39 is 46.6 Å². The maximum Gasteiger partial charge on any atom is 0.257 e. The molecular weight excluding hydrogens is 297 g/mol. The van der Waals surface area contributed by atoms with Crippen molar-refractivity contribution >= 4 is 11.7 Å². The van der Waals surface area contributed by atoms with Crippen LogP contribution < -0.4 is 5.32 Å². The van der Waals surface area contributed by atoms with E-state index in [2.05, 4.69) is 5.32 Å². The monoisotopic (exact) mass is 307 g/mol. The molecule has 0 atom stereocenters. The molecule has 1 aliphatic carbocycles. The Hall–Kier alpha value is -1.99. The van der Waals surface area contributed by atoms with E-state index in [-0.39, 0.29) is 31.5 Å². The predicted molar refractivity (Wildman–Crippen MR) is 61.0 cm³/mol. The lowest BCUT2D eigenvalue weighted by molar-refractivity contribution is -0.120. The van der Waals surface area contributed by atoms with Gasteiger partial charge in [0.25, 0.3) is 5.91 Å². The van der Waals surface area contributed by atoms with Crippen molar-refractivity contribution in [1.29, 1.82) is 0 Å². The van der Waals surface area contributed by atoms with Crippen LogP contribution in [0.2, 0.25) is 0 Å². The quantitative estimate of drug-likeness (QED) is 0.519. The molecule has 2 rings (SSSR count). The van der Waals surface area contributed by atoms with Gasteiger partial charge in [-0.1, -0.05) is 0 Å². The van der Waals surface area contributed by atoms with Gasteiger partial charge in [0.05, 0.1) is 0 Å². The molecule has 21 heavy (non-hydrogen) atoms. The Labute approximate surface area is 116 Å². The van der Waals surface area contributed by atoms with Crippen LogP contribution in [0, 0.1) is 29.1 Å². The van der Waals surface area contributed by atoms with E-state index in [0.29, 0.717) is 0 Å². The van der Waals surface area contributed by atoms with Gasteiger partial charge in [0, 0.05) is 18.9 Å². The fourth-order valence-electron chi connectivity index (χ4n) is 2.15. The van der Waals surface area contributed by atoms with Crippen molar-refractivity contribution in [2.75, 3.05) is 0 Å². The van der Waals surface area contributed by atoms with Crippen LogP contribution >= 0.6 is 0 Å². The van der Waals surface area contributed by atoms with Crippen LogP contribution in [-0.4, -0.2) is 17.7 Å². The topological polar surface area (TPSA) is 46.2 Å². The lowest BCUT2D eigenvalue weighted by Crippen LogP contribution is -2.38. The predicted octanol–water partition coefficient (Wildman–Crippen LogP) is 2.62. The number of hydrogen-bond donors (Lipinski definition) is 1. The van der Waals surface area contributed by atoms with Crippen molar-refractivity contribution in [3.05, 3.63) is 34.6 Å². The molecule has 3 nitrogen and oxygen atoms in total. The summed E-state index contributed by atoms with van der Waals surface area (Å²) in [4.78, 5) is 22.7. The summed E-state index contributed by atoms with van der Waals surface area (Å²) in [7, 11) is 0. The molecule has 1 aromatic rings. The number of carbonyl (C=O) groups is 2. The second-order valence-electron chi connectivity index (χ2n) is 4.73. The smallest absolute Gasteiger partial charge is 0.257 e. The van der Waals surface area contributed by atoms with E-state index in [4.69, 9.17) is 0 Å². The van der Waals surface area contributed by atoms with Gasteiger partial charge in [-0.05, 0) is 12.8 Å². The van der Waals surface area contributed by atoms with Crippen LogP contribution in [0.4, 0.5) is 22.0 Å². The molecule has 1 saturated carbocycles. The second-order valence-corrected chi connectivity index (χ2v) is 4.73. The molecule has 1 aliphatic rings. The van der Waals surface area contributed by atoms with E-state index in [1.54, 1.807) is 0 Å². The van der Waals surface area contributed by atoms with Gasteiger partial charge in [-0.25, -0.2) is 22.0 Å². The normalized spacial score (nSPS) is 16.1. The van der Waals surface area contributed by atoms with Crippen LogP contribution in [0.1, 0.15) is 36.0 Å². The standard InChI is InChI=1S/C13H10F5NO2/c14-8-7(9(15)11(17)12(18)10(8)16)13(21)19-5-1-3-6(20)4-2-5/h5H,1-4H2,(H,19,21). The van der Waals surface area contributed by atoms with Gasteiger partial charge in [0.2, 0.25) is 5.82 Å². The Morgan fingerprint density at radius 3 is 1.76 bits per heavy atom. The number of benzene rings is 1. The first-order chi connectivity index (χ1) is 9.82. The summed E-state index contributed by atoms with van der Waals surface area (Å²) < 4.78 is 65.7. The molecule has 0 radical (unpaired) electrons. The van der Waals surface area contributed by atoms with Crippen molar-refractivity contribution in [1.82, 2.24) is 5.32 Å². The summed E-state index contributed by atoms with van der Waals surface area (Å²) in [6, 6.07) is -0.537. The summed E-state index contributed by atoms with van der Waals surface area (Å²) in [6.45, 7) is 0. The van der Waals surface area contributed by atoms with Crippen LogP contribution in [0.25, 0.3) is 0 Å². The maximum atomic E-state index is 13.4. The number of ketones is 1. The molecule has 0 saturated heterocycles. The van der Waals surface area contributed by atoms with E-state index in [9.17, 15) is 31.5 Å². The van der Waals surface area contributed by atoms with Gasteiger partial charge in [-0.3, -0.25) is 9.59 Å². The summed E-state index contributed by atoms with van der Waals surface area (Å²) in [5, 5.41) is 2.18. The SMILES string of the molecule is O=C1CCC(NC(=O)c2c(F)c(F)c(F)c(F)c2F)CC1. The highest BCUT2D eigenvalue weighted by molar-refractivity contribution is 5.95. The van der Waals surface area contributed by atoms with Crippen molar-refractivity contribution < 1.29 is 31.5 Å². The van der Waals surface area contributed by atoms with Crippen LogP contribution in [-0.2, 0) is 4.79 Å². The van der Waals surface area contributed by atoms with Gasteiger partial charge in [-0.15, -0.1) is 0 Å². The zero-order valence-electron chi connectivity index (χ0n) is 10.6. The Morgan fingerprint density at radius 1 is 0.857 bits per heavy atom. The van der Waals surface area contributed by atoms with Crippen LogP contribution in [0.5, 0.6) is 0 Å². The molecule has 1 fully saturated rings. The molecule has 1 amide bonds. The first kappa shape index (κ1) is 15.4. The molecule has 0 aliphatic heterocycles. The number of nitrogens with one attached hydrogen (secondary N) is 1. The Morgan fingerprint density at radius 2 is 1.29 bits per heavy atom. The number of rotatable bonds is 2. The largest absolute Gasteiger partial charge is 0.349 e. The van der Waals surface area contributed by atoms with E-state index in [0.717, 1.165) is 0 Å². The lowest BCUT2D eigenvalue weighted by atomic mass is 9.94. The number of carbonyl (C=O) groups excluding carboxylic acids is 2. The average Bonchev–Trinajstić information content (AvgIpc) is 2.46. The van der Waals surface area contributed by atoms with Crippen LogP contribution in [0.15, 0.2) is 0 Å². The molecule has 114 valence electrons. The highest BCUT2D eigenvalue weighted by Crippen LogP contribution is 2.23. The lowest BCUT2D eigenvalue weighted by Gasteiger charge is -2.22. The highest BCUT2D eigenvalue weighted by atomic mass is 19.2. The molecule has 8 heteroatoms. The Kier molecular flexibility index (Phi) is 4.24. The minimum Gasteiger partial charge on any atom is -0.349 e. The molecular formula is C13H10F5NO2. The zero-order valence-corrected chi connectivity index (χ0v) is 10.6. The summed E-state index contributed by atoms with van der Waals surface area (Å²) in [6.07, 6.45) is 0.921. The molecule has 0 bridgehead atoms. The fourth-order valence-corrected chi connectivity index (χ4v) is 2.15. The van der Waals surface area contributed by atoms with Gasteiger partial charge in [0.15, 0.2) is 23.3 Å². The van der Waals surface area contributed by atoms with E-state index >= 15 is 0 Å². The Balaban J connectivity index is 2.26. The Bertz CT molecular complexity index is 578. The second kappa shape index (κ2) is 5.79. The maximum absolute atomic E-state index is 13.4. The van der Waals surface area contributed by atoms with Crippen molar-refractivity contribution in [2.45, 2.75) is 31.7 Å². The number of Topliss-reactive ketones (excluding diaryl/α,β-unsaturated/α-hetero) is 1. The number of hydrogen-bond acceptors (Lipinski definition) is 2. The van der Waals surface area contributed by atoms with Crippen molar-refractivity contribution in [2.24, 2.45) is 0 Å². The van der Waals surface area contributed by atoms with Gasteiger partial charge < -0.3 is 5.32 Å². The van der Waals surface area contributed by atoms with Gasteiger partial charge >= 0.3 is 0 Å². The number of amides is 1. The zero-order chi connectivity index (χ0) is 15.7. The molecule has 1 aromatic carbocycles. The third-order valence-corrected chi connectivity index (χ3v) is 3.32.